The Balaban J connectivity index is 1.81. The Morgan fingerprint density at radius 2 is 2.10 bits per heavy atom. The van der Waals surface area contributed by atoms with Gasteiger partial charge in [0, 0.05) is 19.7 Å². The zero-order valence-corrected chi connectivity index (χ0v) is 13.1. The van der Waals surface area contributed by atoms with Crippen molar-refractivity contribution < 1.29 is 4.74 Å². The van der Waals surface area contributed by atoms with Crippen LogP contribution in [0.25, 0.3) is 0 Å². The molecule has 2 unspecified atom stereocenters. The first-order valence-electron chi connectivity index (χ1n) is 7.68. The molecule has 1 aliphatic rings. The van der Waals surface area contributed by atoms with Crippen LogP contribution in [0, 0.1) is 12.8 Å². The van der Waals surface area contributed by atoms with Crippen molar-refractivity contribution in [1.82, 2.24) is 10.2 Å². The van der Waals surface area contributed by atoms with E-state index in [4.69, 9.17) is 4.74 Å². The van der Waals surface area contributed by atoms with E-state index in [0.717, 1.165) is 12.5 Å². The Kier molecular flexibility index (Phi) is 6.02. The highest BCUT2D eigenvalue weighted by Crippen LogP contribution is 2.21. The van der Waals surface area contributed by atoms with Gasteiger partial charge >= 0.3 is 0 Å². The summed E-state index contributed by atoms with van der Waals surface area (Å²) in [6.07, 6.45) is 2.45. The van der Waals surface area contributed by atoms with Crippen molar-refractivity contribution in [2.24, 2.45) is 5.92 Å². The molecule has 1 aliphatic heterocycles. The van der Waals surface area contributed by atoms with Crippen LogP contribution in [0.5, 0.6) is 0 Å². The molecule has 3 heteroatoms. The van der Waals surface area contributed by atoms with Gasteiger partial charge in [0.05, 0.1) is 6.61 Å². The van der Waals surface area contributed by atoms with Crippen LogP contribution in [0.15, 0.2) is 24.3 Å². The van der Waals surface area contributed by atoms with Gasteiger partial charge in [-0.25, -0.2) is 0 Å². The number of benzene rings is 1. The minimum Gasteiger partial charge on any atom is -0.384 e. The Morgan fingerprint density at radius 1 is 1.35 bits per heavy atom. The van der Waals surface area contributed by atoms with E-state index in [9.17, 15) is 0 Å². The van der Waals surface area contributed by atoms with Crippen molar-refractivity contribution in [1.29, 1.82) is 0 Å². The first-order valence-corrected chi connectivity index (χ1v) is 7.68. The number of rotatable bonds is 7. The van der Waals surface area contributed by atoms with E-state index in [1.807, 2.05) is 0 Å². The molecule has 0 bridgehead atoms. The summed E-state index contributed by atoms with van der Waals surface area (Å²) in [6.45, 7) is 6.62. The van der Waals surface area contributed by atoms with Crippen LogP contribution in [0.1, 0.15) is 30.0 Å². The van der Waals surface area contributed by atoms with Crippen LogP contribution in [-0.4, -0.2) is 45.3 Å². The number of ether oxygens (including phenoxy) is 1. The Labute approximate surface area is 123 Å². The molecule has 2 rings (SSSR count). The standard InChI is InChI=1S/C17H28N2O/c1-14-4-6-16(7-5-14)17(18-2)9-11-19-10-8-15(12-19)13-20-3/h4-7,15,17-18H,8-13H2,1-3H3. The van der Waals surface area contributed by atoms with Crippen LogP contribution < -0.4 is 5.32 Å². The molecular weight excluding hydrogens is 248 g/mol. The molecule has 0 spiro atoms. The van der Waals surface area contributed by atoms with Gasteiger partial charge in [0.2, 0.25) is 0 Å². The van der Waals surface area contributed by atoms with Crippen molar-refractivity contribution >= 4 is 0 Å². The molecule has 0 aliphatic carbocycles. The number of aryl methyl sites for hydroxylation is 1. The first kappa shape index (κ1) is 15.5. The fourth-order valence-electron chi connectivity index (χ4n) is 3.08. The zero-order valence-electron chi connectivity index (χ0n) is 13.1. The Hall–Kier alpha value is -0.900. The molecule has 1 aromatic carbocycles. The maximum atomic E-state index is 5.26. The minimum atomic E-state index is 0.456. The largest absolute Gasteiger partial charge is 0.384 e. The maximum absolute atomic E-state index is 5.26. The van der Waals surface area contributed by atoms with Crippen LogP contribution in [0.4, 0.5) is 0 Å². The number of nitrogens with zero attached hydrogens (tertiary/aromatic N) is 1. The third-order valence-electron chi connectivity index (χ3n) is 4.33. The molecule has 112 valence electrons. The van der Waals surface area contributed by atoms with Gasteiger partial charge in [0.15, 0.2) is 0 Å². The third-order valence-corrected chi connectivity index (χ3v) is 4.33. The molecule has 0 saturated carbocycles. The number of likely N-dealkylation sites (tertiary alicyclic amines) is 1. The molecular formula is C17H28N2O. The summed E-state index contributed by atoms with van der Waals surface area (Å²) in [5.74, 6) is 0.729. The smallest absolute Gasteiger partial charge is 0.0503 e. The van der Waals surface area contributed by atoms with E-state index in [0.29, 0.717) is 6.04 Å². The number of hydrogen-bond acceptors (Lipinski definition) is 3. The summed E-state index contributed by atoms with van der Waals surface area (Å²) in [5, 5.41) is 3.45. The van der Waals surface area contributed by atoms with Gasteiger partial charge in [-0.05, 0) is 51.4 Å². The van der Waals surface area contributed by atoms with Crippen LogP contribution in [0.3, 0.4) is 0 Å². The highest BCUT2D eigenvalue weighted by molar-refractivity contribution is 5.24. The highest BCUT2D eigenvalue weighted by Gasteiger charge is 2.22. The number of methoxy groups -OCH3 is 1. The Morgan fingerprint density at radius 3 is 2.75 bits per heavy atom. The van der Waals surface area contributed by atoms with Gasteiger partial charge in [-0.2, -0.15) is 0 Å². The second-order valence-electron chi connectivity index (χ2n) is 5.95. The normalized spacial score (nSPS) is 21.2. The lowest BCUT2D eigenvalue weighted by atomic mass is 10.0. The summed E-state index contributed by atoms with van der Waals surface area (Å²) in [5.41, 5.74) is 2.72. The summed E-state index contributed by atoms with van der Waals surface area (Å²) in [4.78, 5) is 2.57. The zero-order chi connectivity index (χ0) is 14.4. The van der Waals surface area contributed by atoms with Crippen LogP contribution >= 0.6 is 0 Å². The quantitative estimate of drug-likeness (QED) is 0.828. The molecule has 1 heterocycles. The van der Waals surface area contributed by atoms with Crippen molar-refractivity contribution in [2.75, 3.05) is 40.4 Å². The number of nitrogens with one attached hydrogen (secondary N) is 1. The van der Waals surface area contributed by atoms with Crippen molar-refractivity contribution in [3.05, 3.63) is 35.4 Å². The monoisotopic (exact) mass is 276 g/mol. The summed E-state index contributed by atoms with van der Waals surface area (Å²) < 4.78 is 5.26. The molecule has 1 fully saturated rings. The van der Waals surface area contributed by atoms with E-state index in [2.05, 4.69) is 48.5 Å². The summed E-state index contributed by atoms with van der Waals surface area (Å²) >= 11 is 0. The third kappa shape index (κ3) is 4.30. The average Bonchev–Trinajstić information content (AvgIpc) is 2.89. The van der Waals surface area contributed by atoms with Gasteiger partial charge in [0.1, 0.15) is 0 Å². The second kappa shape index (κ2) is 7.77. The SMILES string of the molecule is CNC(CCN1CCC(COC)C1)c1ccc(C)cc1. The van der Waals surface area contributed by atoms with E-state index >= 15 is 0 Å². The molecule has 3 nitrogen and oxygen atoms in total. The van der Waals surface area contributed by atoms with Crippen molar-refractivity contribution in [2.45, 2.75) is 25.8 Å². The molecule has 2 atom stereocenters. The van der Waals surface area contributed by atoms with E-state index in [-0.39, 0.29) is 0 Å². The summed E-state index contributed by atoms with van der Waals surface area (Å²) in [7, 11) is 3.86. The molecule has 1 saturated heterocycles. The predicted molar refractivity (Wildman–Crippen MR) is 84.0 cm³/mol. The fourth-order valence-corrected chi connectivity index (χ4v) is 3.08. The van der Waals surface area contributed by atoms with Crippen LogP contribution in [-0.2, 0) is 4.74 Å². The van der Waals surface area contributed by atoms with Gasteiger partial charge in [-0.15, -0.1) is 0 Å². The Bertz CT molecular complexity index is 390. The fraction of sp³-hybridized carbons (Fsp3) is 0.647. The summed E-state index contributed by atoms with van der Waals surface area (Å²) in [6, 6.07) is 9.34. The highest BCUT2D eigenvalue weighted by atomic mass is 16.5. The molecule has 1 aromatic rings. The van der Waals surface area contributed by atoms with E-state index < -0.39 is 0 Å². The van der Waals surface area contributed by atoms with Crippen molar-refractivity contribution in [3.63, 3.8) is 0 Å². The minimum absolute atomic E-state index is 0.456. The lowest BCUT2D eigenvalue weighted by molar-refractivity contribution is 0.153. The predicted octanol–water partition coefficient (Wildman–Crippen LogP) is 2.61. The second-order valence-corrected chi connectivity index (χ2v) is 5.95. The lowest BCUT2D eigenvalue weighted by Crippen LogP contribution is -2.27. The van der Waals surface area contributed by atoms with E-state index in [1.165, 1.54) is 43.6 Å². The first-order chi connectivity index (χ1) is 9.72. The van der Waals surface area contributed by atoms with Crippen molar-refractivity contribution in [3.8, 4) is 0 Å². The van der Waals surface area contributed by atoms with E-state index in [1.54, 1.807) is 7.11 Å². The topological polar surface area (TPSA) is 24.5 Å². The number of hydrogen-bond donors (Lipinski definition) is 1. The van der Waals surface area contributed by atoms with Gasteiger partial charge in [-0.1, -0.05) is 29.8 Å². The average molecular weight is 276 g/mol. The lowest BCUT2D eigenvalue weighted by Gasteiger charge is -2.21. The van der Waals surface area contributed by atoms with Crippen LogP contribution in [0.2, 0.25) is 0 Å². The molecule has 20 heavy (non-hydrogen) atoms. The molecule has 1 N–H and O–H groups in total. The van der Waals surface area contributed by atoms with Gasteiger partial charge < -0.3 is 15.0 Å². The van der Waals surface area contributed by atoms with Gasteiger partial charge in [0.25, 0.3) is 0 Å². The molecule has 0 amide bonds. The molecule has 0 radical (unpaired) electrons. The molecule has 0 aromatic heterocycles. The maximum Gasteiger partial charge on any atom is 0.0503 e. The van der Waals surface area contributed by atoms with Gasteiger partial charge in [-0.3, -0.25) is 0 Å².